The third kappa shape index (κ3) is 4.22. The maximum atomic E-state index is 12.7. The standard InChI is InChI=1S/C16H14ClF3N4O4S/c17-11-1-4-15(21-10-11)23-7-5-22(6-8-23)13-3-2-12(9-14(13)24(25)26)29(27,28)16(18,19)20/h1-4,9-10H,5-8H2. The lowest BCUT2D eigenvalue weighted by Gasteiger charge is -2.36. The van der Waals surface area contributed by atoms with E-state index >= 15 is 0 Å². The molecule has 1 aromatic carbocycles. The maximum absolute atomic E-state index is 12.7. The molecule has 13 heteroatoms. The molecule has 3 rings (SSSR count). The molecule has 0 amide bonds. The van der Waals surface area contributed by atoms with E-state index in [1.165, 1.54) is 6.20 Å². The van der Waals surface area contributed by atoms with Crippen molar-refractivity contribution in [3.8, 4) is 0 Å². The van der Waals surface area contributed by atoms with Gasteiger partial charge in [-0.15, -0.1) is 0 Å². The minimum atomic E-state index is -5.68. The van der Waals surface area contributed by atoms with Gasteiger partial charge in [-0.3, -0.25) is 10.1 Å². The zero-order chi connectivity index (χ0) is 21.4. The molecule has 156 valence electrons. The zero-order valence-corrected chi connectivity index (χ0v) is 16.2. The maximum Gasteiger partial charge on any atom is 0.501 e. The first-order chi connectivity index (χ1) is 13.5. The summed E-state index contributed by atoms with van der Waals surface area (Å²) < 4.78 is 61.4. The first-order valence-corrected chi connectivity index (χ1v) is 10.1. The summed E-state index contributed by atoms with van der Waals surface area (Å²) in [6.07, 6.45) is 1.49. The molecule has 0 radical (unpaired) electrons. The molecular formula is C16H14ClF3N4O4S. The lowest BCUT2D eigenvalue weighted by atomic mass is 10.2. The first-order valence-electron chi connectivity index (χ1n) is 8.22. The average molecular weight is 451 g/mol. The van der Waals surface area contributed by atoms with Crippen LogP contribution in [0.1, 0.15) is 0 Å². The van der Waals surface area contributed by atoms with Crippen LogP contribution < -0.4 is 9.80 Å². The number of hydrogen-bond donors (Lipinski definition) is 0. The van der Waals surface area contributed by atoms with E-state index in [2.05, 4.69) is 4.98 Å². The van der Waals surface area contributed by atoms with Gasteiger partial charge in [0.25, 0.3) is 15.5 Å². The molecular weight excluding hydrogens is 437 g/mol. The van der Waals surface area contributed by atoms with Crippen LogP contribution in [0.5, 0.6) is 0 Å². The van der Waals surface area contributed by atoms with Crippen molar-refractivity contribution in [2.75, 3.05) is 36.0 Å². The van der Waals surface area contributed by atoms with Crippen molar-refractivity contribution < 1.29 is 26.5 Å². The summed E-state index contributed by atoms with van der Waals surface area (Å²) in [4.78, 5) is 17.1. The summed E-state index contributed by atoms with van der Waals surface area (Å²) >= 11 is 5.81. The van der Waals surface area contributed by atoms with Crippen LogP contribution in [0.3, 0.4) is 0 Å². The van der Waals surface area contributed by atoms with Crippen molar-refractivity contribution in [2.24, 2.45) is 0 Å². The SMILES string of the molecule is O=[N+]([O-])c1cc(S(=O)(=O)C(F)(F)F)ccc1N1CCN(c2ccc(Cl)cn2)CC1. The van der Waals surface area contributed by atoms with Crippen LogP contribution in [-0.4, -0.2) is 50.0 Å². The molecule has 8 nitrogen and oxygen atoms in total. The van der Waals surface area contributed by atoms with Crippen LogP contribution in [0.4, 0.5) is 30.4 Å². The highest BCUT2D eigenvalue weighted by atomic mass is 35.5. The fourth-order valence-corrected chi connectivity index (χ4v) is 3.84. The van der Waals surface area contributed by atoms with Gasteiger partial charge >= 0.3 is 5.51 Å². The highest BCUT2D eigenvalue weighted by Gasteiger charge is 2.47. The molecule has 29 heavy (non-hydrogen) atoms. The van der Waals surface area contributed by atoms with Gasteiger partial charge in [0.1, 0.15) is 11.5 Å². The van der Waals surface area contributed by atoms with Crippen molar-refractivity contribution in [3.63, 3.8) is 0 Å². The molecule has 0 atom stereocenters. The molecule has 0 bridgehead atoms. The molecule has 1 aliphatic heterocycles. The molecule has 0 unspecified atom stereocenters. The molecule has 2 heterocycles. The van der Waals surface area contributed by atoms with E-state index in [1.807, 2.05) is 4.90 Å². The molecule has 2 aromatic rings. The number of rotatable bonds is 4. The Hall–Kier alpha value is -2.60. The minimum Gasteiger partial charge on any atom is -0.362 e. The van der Waals surface area contributed by atoms with E-state index in [4.69, 9.17) is 11.6 Å². The van der Waals surface area contributed by atoms with E-state index in [0.29, 0.717) is 43.1 Å². The Morgan fingerprint density at radius 2 is 1.69 bits per heavy atom. The summed E-state index contributed by atoms with van der Waals surface area (Å²) in [5, 5.41) is 11.9. The number of alkyl halides is 3. The van der Waals surface area contributed by atoms with Crippen molar-refractivity contribution in [1.29, 1.82) is 0 Å². The number of anilines is 2. The summed E-state index contributed by atoms with van der Waals surface area (Å²) in [5.41, 5.74) is -6.19. The van der Waals surface area contributed by atoms with Crippen molar-refractivity contribution >= 4 is 38.6 Å². The van der Waals surface area contributed by atoms with Crippen LogP contribution in [0.25, 0.3) is 0 Å². The molecule has 1 aliphatic rings. The van der Waals surface area contributed by atoms with Gasteiger partial charge in [-0.05, 0) is 24.3 Å². The largest absolute Gasteiger partial charge is 0.501 e. The summed E-state index contributed by atoms with van der Waals surface area (Å²) in [5.74, 6) is 0.676. The number of pyridine rings is 1. The summed E-state index contributed by atoms with van der Waals surface area (Å²) in [6.45, 7) is 1.57. The number of nitro benzene ring substituents is 1. The van der Waals surface area contributed by atoms with Gasteiger partial charge in [-0.25, -0.2) is 13.4 Å². The first kappa shape index (κ1) is 21.1. The molecule has 1 aromatic heterocycles. The highest BCUT2D eigenvalue weighted by Crippen LogP contribution is 2.36. The van der Waals surface area contributed by atoms with Crippen molar-refractivity contribution in [1.82, 2.24) is 4.98 Å². The molecule has 1 fully saturated rings. The molecule has 0 saturated carbocycles. The monoisotopic (exact) mass is 450 g/mol. The number of piperazine rings is 1. The Bertz CT molecular complexity index is 1020. The quantitative estimate of drug-likeness (QED) is 0.521. The van der Waals surface area contributed by atoms with Gasteiger partial charge in [0.05, 0.1) is 14.8 Å². The Morgan fingerprint density at radius 3 is 2.21 bits per heavy atom. The van der Waals surface area contributed by atoms with Crippen LogP contribution in [0.15, 0.2) is 41.4 Å². The second-order valence-corrected chi connectivity index (χ2v) is 8.54. The van der Waals surface area contributed by atoms with Crippen molar-refractivity contribution in [2.45, 2.75) is 10.4 Å². The number of halogens is 4. The average Bonchev–Trinajstić information content (AvgIpc) is 2.67. The van der Waals surface area contributed by atoms with Gasteiger partial charge in [0.2, 0.25) is 0 Å². The Morgan fingerprint density at radius 1 is 1.07 bits per heavy atom. The lowest BCUT2D eigenvalue weighted by Crippen LogP contribution is -2.47. The third-order valence-corrected chi connectivity index (χ3v) is 6.12. The second kappa shape index (κ2) is 7.67. The predicted octanol–water partition coefficient (Wildman–Crippen LogP) is 3.26. The van der Waals surface area contributed by atoms with Crippen LogP contribution in [0, 0.1) is 10.1 Å². The number of aromatic nitrogens is 1. The lowest BCUT2D eigenvalue weighted by molar-refractivity contribution is -0.384. The van der Waals surface area contributed by atoms with Gasteiger partial charge in [0.15, 0.2) is 0 Å². The Kier molecular flexibility index (Phi) is 5.59. The highest BCUT2D eigenvalue weighted by molar-refractivity contribution is 7.92. The summed E-state index contributed by atoms with van der Waals surface area (Å²) in [6, 6.07) is 5.63. The van der Waals surface area contributed by atoms with E-state index in [0.717, 1.165) is 12.1 Å². The second-order valence-electron chi connectivity index (χ2n) is 6.17. The zero-order valence-electron chi connectivity index (χ0n) is 14.6. The van der Waals surface area contributed by atoms with Gasteiger partial charge < -0.3 is 9.80 Å². The van der Waals surface area contributed by atoms with Gasteiger partial charge in [0, 0.05) is 38.4 Å². The predicted molar refractivity (Wildman–Crippen MR) is 100 cm³/mol. The third-order valence-electron chi connectivity index (χ3n) is 4.41. The number of nitrogens with zero attached hydrogens (tertiary/aromatic N) is 4. The van der Waals surface area contributed by atoms with E-state index < -0.39 is 30.9 Å². The van der Waals surface area contributed by atoms with E-state index in [9.17, 15) is 31.7 Å². The smallest absolute Gasteiger partial charge is 0.362 e. The van der Waals surface area contributed by atoms with E-state index in [-0.39, 0.29) is 5.69 Å². The van der Waals surface area contributed by atoms with Crippen LogP contribution in [0.2, 0.25) is 5.02 Å². The summed E-state index contributed by atoms with van der Waals surface area (Å²) in [7, 11) is -5.68. The number of nitro groups is 1. The fraction of sp³-hybridized carbons (Fsp3) is 0.312. The minimum absolute atomic E-state index is 0.0554. The van der Waals surface area contributed by atoms with Crippen LogP contribution >= 0.6 is 11.6 Å². The van der Waals surface area contributed by atoms with Gasteiger partial charge in [-0.1, -0.05) is 11.6 Å². The van der Waals surface area contributed by atoms with Crippen LogP contribution in [-0.2, 0) is 9.84 Å². The number of sulfone groups is 1. The molecule has 0 N–H and O–H groups in total. The Balaban J connectivity index is 1.84. The van der Waals surface area contributed by atoms with Crippen molar-refractivity contribution in [3.05, 3.63) is 51.7 Å². The fourth-order valence-electron chi connectivity index (χ4n) is 2.95. The van der Waals surface area contributed by atoms with Gasteiger partial charge in [-0.2, -0.15) is 13.2 Å². The normalized spacial score (nSPS) is 15.4. The molecule has 1 saturated heterocycles. The molecule has 0 spiro atoms. The number of hydrogen-bond acceptors (Lipinski definition) is 7. The number of benzene rings is 1. The Labute approximate surface area is 168 Å². The topological polar surface area (TPSA) is 96.6 Å². The van der Waals surface area contributed by atoms with E-state index in [1.54, 1.807) is 17.0 Å². The molecule has 0 aliphatic carbocycles.